The number of amides is 1. The number of nitrogens with one attached hydrogen (secondary N) is 2. The van der Waals surface area contributed by atoms with E-state index in [2.05, 4.69) is 89.6 Å². The number of H-pyrrole nitrogens is 1. The molecule has 1 saturated heterocycles. The molecule has 0 radical (unpaired) electrons. The lowest BCUT2D eigenvalue weighted by molar-refractivity contribution is -0.118. The molecule has 1 amide bonds. The minimum Gasteiger partial charge on any atom is -0.484 e. The fourth-order valence-electron chi connectivity index (χ4n) is 6.35. The number of para-hydroxylation sites is 1. The zero-order valence-electron chi connectivity index (χ0n) is 28.0. The molecule has 0 aliphatic carbocycles. The molecule has 0 bridgehead atoms. The van der Waals surface area contributed by atoms with Crippen LogP contribution in [-0.4, -0.2) is 71.4 Å². The van der Waals surface area contributed by atoms with Gasteiger partial charge >= 0.3 is 0 Å². The van der Waals surface area contributed by atoms with Crippen molar-refractivity contribution in [2.24, 2.45) is 0 Å². The van der Waals surface area contributed by atoms with Gasteiger partial charge in [0.15, 0.2) is 17.8 Å². The summed E-state index contributed by atoms with van der Waals surface area (Å²) in [5.74, 6) is 0.555. The fourth-order valence-corrected chi connectivity index (χ4v) is 11.2. The van der Waals surface area contributed by atoms with Crippen molar-refractivity contribution in [3.8, 4) is 5.75 Å². The van der Waals surface area contributed by atoms with Gasteiger partial charge in [0, 0.05) is 6.42 Å². The Morgan fingerprint density at radius 2 is 1.65 bits per heavy atom. The van der Waals surface area contributed by atoms with E-state index in [0.29, 0.717) is 24.7 Å². The number of ether oxygens (including phenoxy) is 3. The van der Waals surface area contributed by atoms with Gasteiger partial charge in [0.05, 0.1) is 25.0 Å². The van der Waals surface area contributed by atoms with Gasteiger partial charge < -0.3 is 18.6 Å². The van der Waals surface area contributed by atoms with Crippen LogP contribution in [0.1, 0.15) is 33.4 Å². The number of benzene rings is 3. The monoisotopic (exact) mass is 699 g/mol. The Morgan fingerprint density at radius 1 is 1.02 bits per heavy atom. The summed E-state index contributed by atoms with van der Waals surface area (Å²) < 4.78 is 27.5. The minimum atomic E-state index is -2.84. The summed E-state index contributed by atoms with van der Waals surface area (Å²) in [5.41, 5.74) is -0.0660. The molecule has 3 heterocycles. The lowest BCUT2D eigenvalue weighted by atomic mass is 10.2. The molecule has 0 saturated carbocycles. The maximum Gasteiger partial charge on any atom is 0.280 e. The molecule has 5 aromatic rings. The van der Waals surface area contributed by atoms with Crippen LogP contribution < -0.4 is 26.0 Å². The van der Waals surface area contributed by atoms with Crippen LogP contribution in [0.15, 0.2) is 102 Å². The Kier molecular flexibility index (Phi) is 10.7. The average molecular weight is 700 g/mol. The summed E-state index contributed by atoms with van der Waals surface area (Å²) in [5, 5.41) is 4.78. The number of fused-ring (bicyclic) bond motifs is 1. The summed E-state index contributed by atoms with van der Waals surface area (Å²) in [4.78, 5) is 37.1. The summed E-state index contributed by atoms with van der Waals surface area (Å²) >= 11 is 1.59. The molecule has 3 atom stereocenters. The van der Waals surface area contributed by atoms with E-state index in [1.54, 1.807) is 34.8 Å². The highest BCUT2D eigenvalue weighted by Crippen LogP contribution is 2.39. The lowest BCUT2D eigenvalue weighted by Crippen LogP contribution is -2.67. The highest BCUT2D eigenvalue weighted by atomic mass is 32.2. The largest absolute Gasteiger partial charge is 0.484 e. The first-order valence-corrected chi connectivity index (χ1v) is 19.5. The first-order chi connectivity index (χ1) is 23.7. The van der Waals surface area contributed by atoms with Gasteiger partial charge in [-0.25, -0.2) is 4.98 Å². The Bertz CT molecular complexity index is 1860. The van der Waals surface area contributed by atoms with Gasteiger partial charge in [-0.3, -0.25) is 24.5 Å². The smallest absolute Gasteiger partial charge is 0.280 e. The van der Waals surface area contributed by atoms with E-state index < -0.39 is 32.1 Å². The number of aromatic amines is 1. The molecule has 11 nitrogen and oxygen atoms in total. The Labute approximate surface area is 290 Å². The third-order valence-electron chi connectivity index (χ3n) is 8.57. The zero-order valence-corrected chi connectivity index (χ0v) is 29.8. The van der Waals surface area contributed by atoms with E-state index in [0.717, 1.165) is 0 Å². The molecular formula is C36H41N5O6SSi. The van der Waals surface area contributed by atoms with Crippen LogP contribution in [0.3, 0.4) is 0 Å². The van der Waals surface area contributed by atoms with Gasteiger partial charge in [-0.05, 0) is 33.8 Å². The standard InChI is InChI=1S/C36H41N5O6SSi/c1-36(2,3)49(26-16-10-6-11-17-26,27-18-12-7-13-19-27)46-21-29-28(45-24-48-4)20-31(47-29)41-23-37-32-33(41)39-35(40-34(32)43)38-30(42)22-44-25-14-8-5-9-15-25/h5-19,23,28-29,31H,20-22,24H2,1-4H3,(H2,38,39,40,42,43)/t28?,29-,31-/m1/s1. The number of carbonyl (C=O) groups is 1. The van der Waals surface area contributed by atoms with Crippen LogP contribution in [0, 0.1) is 0 Å². The molecule has 13 heteroatoms. The number of anilines is 1. The third kappa shape index (κ3) is 7.50. The molecular weight excluding hydrogens is 659 g/mol. The number of nitrogens with zero attached hydrogens (tertiary/aromatic N) is 3. The van der Waals surface area contributed by atoms with E-state index in [1.807, 2.05) is 36.6 Å². The maximum absolute atomic E-state index is 13.0. The number of imidazole rings is 1. The molecule has 1 unspecified atom stereocenters. The summed E-state index contributed by atoms with van der Waals surface area (Å²) in [6.45, 7) is 6.77. The molecule has 2 aromatic heterocycles. The van der Waals surface area contributed by atoms with Crippen molar-refractivity contribution in [3.05, 3.63) is 108 Å². The maximum atomic E-state index is 13.0. The van der Waals surface area contributed by atoms with Crippen LogP contribution in [0.25, 0.3) is 11.2 Å². The van der Waals surface area contributed by atoms with E-state index in [9.17, 15) is 9.59 Å². The second-order valence-electron chi connectivity index (χ2n) is 12.8. The van der Waals surface area contributed by atoms with Crippen LogP contribution in [0.4, 0.5) is 5.95 Å². The fraction of sp³-hybridized carbons (Fsp3) is 0.333. The van der Waals surface area contributed by atoms with E-state index >= 15 is 0 Å². The van der Waals surface area contributed by atoms with E-state index in [4.69, 9.17) is 18.6 Å². The average Bonchev–Trinajstić information content (AvgIpc) is 3.72. The van der Waals surface area contributed by atoms with Crippen molar-refractivity contribution in [1.82, 2.24) is 19.5 Å². The zero-order chi connectivity index (χ0) is 34.4. The van der Waals surface area contributed by atoms with Gasteiger partial charge in [0.1, 0.15) is 18.1 Å². The molecule has 1 aliphatic heterocycles. The second kappa shape index (κ2) is 15.1. The lowest BCUT2D eigenvalue weighted by Gasteiger charge is -2.43. The van der Waals surface area contributed by atoms with Crippen LogP contribution in [-0.2, 0) is 18.7 Å². The molecule has 2 N–H and O–H groups in total. The molecule has 49 heavy (non-hydrogen) atoms. The predicted octanol–water partition coefficient (Wildman–Crippen LogP) is 4.71. The molecule has 6 rings (SSSR count). The first kappa shape index (κ1) is 34.6. The number of carbonyl (C=O) groups excluding carboxylic acids is 1. The van der Waals surface area contributed by atoms with Gasteiger partial charge in [-0.15, -0.1) is 11.8 Å². The predicted molar refractivity (Wildman–Crippen MR) is 194 cm³/mol. The molecule has 1 fully saturated rings. The van der Waals surface area contributed by atoms with E-state index in [1.165, 1.54) is 10.4 Å². The summed E-state index contributed by atoms with van der Waals surface area (Å²) in [6.07, 6.45) is 2.78. The number of thioether (sulfide) groups is 1. The molecule has 256 valence electrons. The SMILES string of the molecule is CSCOC1C[C@H](n2cnc3c(=O)[nH]c(NC(=O)COc4ccccc4)nc32)O[C@@H]1CO[Si](c1ccccc1)(c1ccccc1)C(C)(C)C. The Morgan fingerprint density at radius 3 is 2.27 bits per heavy atom. The van der Waals surface area contributed by atoms with Gasteiger partial charge in [-0.1, -0.05) is 99.6 Å². The van der Waals surface area contributed by atoms with Gasteiger partial charge in [0.2, 0.25) is 5.95 Å². The van der Waals surface area contributed by atoms with Crippen molar-refractivity contribution in [3.63, 3.8) is 0 Å². The van der Waals surface area contributed by atoms with Crippen LogP contribution in [0.2, 0.25) is 5.04 Å². The summed E-state index contributed by atoms with van der Waals surface area (Å²) in [6, 6.07) is 29.9. The molecule has 0 spiro atoms. The van der Waals surface area contributed by atoms with Gasteiger partial charge in [0.25, 0.3) is 19.8 Å². The summed E-state index contributed by atoms with van der Waals surface area (Å²) in [7, 11) is -2.84. The van der Waals surface area contributed by atoms with Crippen LogP contribution in [0.5, 0.6) is 5.75 Å². The van der Waals surface area contributed by atoms with E-state index in [-0.39, 0.29) is 34.9 Å². The van der Waals surface area contributed by atoms with Crippen molar-refractivity contribution in [1.29, 1.82) is 0 Å². The Hall–Kier alpha value is -4.27. The quantitative estimate of drug-likeness (QED) is 0.133. The molecule has 3 aromatic carbocycles. The van der Waals surface area contributed by atoms with Crippen molar-refractivity contribution in [2.45, 2.75) is 50.7 Å². The van der Waals surface area contributed by atoms with Gasteiger partial charge in [-0.2, -0.15) is 4.98 Å². The first-order valence-electron chi connectivity index (χ1n) is 16.1. The number of aromatic nitrogens is 4. The minimum absolute atomic E-state index is 0.0133. The number of hydrogen-bond donors (Lipinski definition) is 2. The number of hydrogen-bond acceptors (Lipinski definition) is 9. The van der Waals surface area contributed by atoms with Crippen LogP contribution >= 0.6 is 11.8 Å². The second-order valence-corrected chi connectivity index (χ2v) is 18.0. The highest BCUT2D eigenvalue weighted by Gasteiger charge is 2.51. The highest BCUT2D eigenvalue weighted by molar-refractivity contribution is 7.98. The van der Waals surface area contributed by atoms with Crippen molar-refractivity contribution in [2.75, 3.05) is 30.7 Å². The topological polar surface area (TPSA) is 130 Å². The Balaban J connectivity index is 1.25. The normalized spacial score (nSPS) is 18.1. The third-order valence-corrected chi connectivity index (χ3v) is 14.0. The van der Waals surface area contributed by atoms with Crippen molar-refractivity contribution < 1.29 is 23.4 Å². The van der Waals surface area contributed by atoms with Crippen molar-refractivity contribution >= 4 is 53.5 Å². The number of rotatable bonds is 13. The molecule has 1 aliphatic rings.